The van der Waals surface area contributed by atoms with Gasteiger partial charge in [0.05, 0.1) is 12.5 Å². The van der Waals surface area contributed by atoms with Gasteiger partial charge in [0, 0.05) is 64.0 Å². The average Bonchev–Trinajstić information content (AvgIpc) is 3.06. The predicted octanol–water partition coefficient (Wildman–Crippen LogP) is 5.26. The number of benzene rings is 1. The van der Waals surface area contributed by atoms with E-state index in [1.165, 1.54) is 12.1 Å². The number of carbonyl (C=O) groups excluding carboxylic acids is 3. The van der Waals surface area contributed by atoms with Crippen molar-refractivity contribution >= 4 is 29.7 Å². The molecule has 5 atom stereocenters. The number of nitrogens with zero attached hydrogens (tertiary/aromatic N) is 4. The maximum Gasteiger partial charge on any atom is 0.471 e. The molecule has 2 amide bonds. The second kappa shape index (κ2) is 17.0. The molecule has 1 aromatic rings. The van der Waals surface area contributed by atoms with Crippen LogP contribution in [0.2, 0.25) is 0 Å². The van der Waals surface area contributed by atoms with E-state index in [0.717, 1.165) is 18.0 Å². The Morgan fingerprint density at radius 2 is 1.64 bits per heavy atom. The summed E-state index contributed by atoms with van der Waals surface area (Å²) in [7, 11) is 3.74. The molecular formula is C36H50F4N4O6. The van der Waals surface area contributed by atoms with Crippen LogP contribution in [0.5, 0.6) is 0 Å². The van der Waals surface area contributed by atoms with Crippen molar-refractivity contribution in [1.82, 2.24) is 14.7 Å². The normalized spacial score (nSPS) is 27.5. The highest BCUT2D eigenvalue weighted by Crippen LogP contribution is 2.30. The van der Waals surface area contributed by atoms with Gasteiger partial charge in [0.15, 0.2) is 0 Å². The molecular weight excluding hydrogens is 660 g/mol. The lowest BCUT2D eigenvalue weighted by Crippen LogP contribution is -2.49. The van der Waals surface area contributed by atoms with E-state index < -0.39 is 48.3 Å². The first-order valence-electron chi connectivity index (χ1n) is 17.3. The van der Waals surface area contributed by atoms with Gasteiger partial charge in [-0.15, -0.1) is 0 Å². The molecule has 10 nitrogen and oxygen atoms in total. The van der Waals surface area contributed by atoms with E-state index in [1.54, 1.807) is 35.9 Å². The minimum Gasteiger partial charge on any atom is -0.457 e. The largest absolute Gasteiger partial charge is 0.471 e. The number of hydrogen-bond donors (Lipinski definition) is 1. The molecule has 3 aliphatic heterocycles. The maximum absolute atomic E-state index is 15.0. The quantitative estimate of drug-likeness (QED) is 0.251. The van der Waals surface area contributed by atoms with Crippen molar-refractivity contribution in [2.24, 2.45) is 11.8 Å². The molecule has 14 heteroatoms. The minimum absolute atomic E-state index is 0.0592. The molecule has 0 aliphatic carbocycles. The Balaban J connectivity index is 1.52. The summed E-state index contributed by atoms with van der Waals surface area (Å²) >= 11 is 0. The standard InChI is InChI=1S/C36H50F4N4O6/c1-23-6-8-30(45)22-32(46)50-33(24(2)7-9-31(23)49-35(48)44-16-14-41(4)15-17-44)25(3)18-26-19-27(37)21-29(20-26)42(5)28-10-12-43(13-11-28)34(47)36(38,39)40/h7,9,18-21,23-24,28,30-31,33,45H,6,8,10-17,22H2,1-5H3/b9-7-,25-18+/t23-,24-,30+,31-,33-/m0/s1. The third-order valence-corrected chi connectivity index (χ3v) is 9.95. The van der Waals surface area contributed by atoms with E-state index >= 15 is 0 Å². The second-order valence-electron chi connectivity index (χ2n) is 14.0. The van der Waals surface area contributed by atoms with Crippen LogP contribution >= 0.6 is 0 Å². The number of ether oxygens (including phenoxy) is 2. The number of hydrogen-bond acceptors (Lipinski definition) is 8. The molecule has 0 bridgehead atoms. The van der Waals surface area contributed by atoms with Gasteiger partial charge in [-0.1, -0.05) is 26.0 Å². The molecule has 3 aliphatic rings. The summed E-state index contributed by atoms with van der Waals surface area (Å²) < 4.78 is 65.5. The lowest BCUT2D eigenvalue weighted by Gasteiger charge is -2.38. The number of cyclic esters (lactones) is 1. The average molecular weight is 711 g/mol. The molecule has 0 radical (unpaired) electrons. The van der Waals surface area contributed by atoms with Gasteiger partial charge in [-0.05, 0) is 81.0 Å². The summed E-state index contributed by atoms with van der Waals surface area (Å²) in [4.78, 5) is 44.1. The van der Waals surface area contributed by atoms with E-state index in [2.05, 4.69) is 4.90 Å². The summed E-state index contributed by atoms with van der Waals surface area (Å²) in [5, 5.41) is 10.6. The summed E-state index contributed by atoms with van der Waals surface area (Å²) in [6.45, 7) is 8.09. The fraction of sp³-hybridized carbons (Fsp3) is 0.639. The molecule has 0 unspecified atom stereocenters. The Morgan fingerprint density at radius 1 is 0.980 bits per heavy atom. The third kappa shape index (κ3) is 10.7. The third-order valence-electron chi connectivity index (χ3n) is 9.95. The number of halogens is 4. The number of esters is 1. The molecule has 278 valence electrons. The fourth-order valence-corrected chi connectivity index (χ4v) is 6.70. The first kappa shape index (κ1) is 39.1. The zero-order chi connectivity index (χ0) is 36.7. The van der Waals surface area contributed by atoms with Gasteiger partial charge in [0.25, 0.3) is 0 Å². The Labute approximate surface area is 291 Å². The summed E-state index contributed by atoms with van der Waals surface area (Å²) in [5.41, 5.74) is 1.61. The number of rotatable bonds is 5. The molecule has 2 fully saturated rings. The van der Waals surface area contributed by atoms with Crippen LogP contribution < -0.4 is 4.90 Å². The summed E-state index contributed by atoms with van der Waals surface area (Å²) in [5.74, 6) is -3.46. The zero-order valence-corrected chi connectivity index (χ0v) is 29.5. The number of aliphatic hydroxyl groups is 1. The van der Waals surface area contributed by atoms with Crippen molar-refractivity contribution in [1.29, 1.82) is 0 Å². The molecule has 2 saturated heterocycles. The first-order valence-corrected chi connectivity index (χ1v) is 17.3. The van der Waals surface area contributed by atoms with E-state index in [-0.39, 0.29) is 50.2 Å². The molecule has 1 aromatic carbocycles. The van der Waals surface area contributed by atoms with Crippen LogP contribution in [0.25, 0.3) is 6.08 Å². The van der Waals surface area contributed by atoms with Crippen LogP contribution in [0, 0.1) is 17.7 Å². The number of piperidine rings is 1. The molecule has 4 rings (SSSR count). The van der Waals surface area contributed by atoms with E-state index in [9.17, 15) is 37.1 Å². The van der Waals surface area contributed by atoms with Gasteiger partial charge in [-0.25, -0.2) is 9.18 Å². The van der Waals surface area contributed by atoms with E-state index in [4.69, 9.17) is 9.47 Å². The van der Waals surface area contributed by atoms with Crippen molar-refractivity contribution in [2.45, 2.75) is 83.4 Å². The van der Waals surface area contributed by atoms with Crippen molar-refractivity contribution in [3.63, 3.8) is 0 Å². The van der Waals surface area contributed by atoms with Gasteiger partial charge in [0.2, 0.25) is 0 Å². The number of amides is 2. The zero-order valence-electron chi connectivity index (χ0n) is 29.5. The lowest BCUT2D eigenvalue weighted by molar-refractivity contribution is -0.186. The van der Waals surface area contributed by atoms with Crippen LogP contribution in [0.15, 0.2) is 35.9 Å². The topological polar surface area (TPSA) is 103 Å². The number of likely N-dealkylation sites (N-methyl/N-ethyl adjacent to an activating group) is 1. The minimum atomic E-state index is -4.92. The Kier molecular flexibility index (Phi) is 13.3. The molecule has 0 saturated carbocycles. The highest BCUT2D eigenvalue weighted by atomic mass is 19.4. The highest BCUT2D eigenvalue weighted by Gasteiger charge is 2.43. The van der Waals surface area contributed by atoms with Crippen molar-refractivity contribution in [2.75, 3.05) is 58.3 Å². The van der Waals surface area contributed by atoms with Gasteiger partial charge >= 0.3 is 24.1 Å². The summed E-state index contributed by atoms with van der Waals surface area (Å²) in [6.07, 6.45) is -1.03. The van der Waals surface area contributed by atoms with Crippen molar-refractivity contribution in [3.8, 4) is 0 Å². The SMILES string of the molecule is C/C(=C\c1cc(F)cc(N(C)C2CCN(C(=O)C(F)(F)F)CC2)c1)[C@H]1OC(=O)C[C@H](O)CC[C@H](C)[C@@H](OC(=O)N2CCN(C)CC2)/C=C\[C@@H]1C. The van der Waals surface area contributed by atoms with Gasteiger partial charge < -0.3 is 34.2 Å². The molecule has 3 heterocycles. The number of anilines is 1. The molecule has 0 spiro atoms. The van der Waals surface area contributed by atoms with Crippen LogP contribution in [-0.4, -0.2) is 122 Å². The monoisotopic (exact) mass is 710 g/mol. The highest BCUT2D eigenvalue weighted by molar-refractivity contribution is 5.82. The van der Waals surface area contributed by atoms with Crippen molar-refractivity contribution < 1.29 is 46.5 Å². The second-order valence-corrected chi connectivity index (χ2v) is 14.0. The maximum atomic E-state index is 15.0. The van der Waals surface area contributed by atoms with Gasteiger partial charge in [-0.3, -0.25) is 9.59 Å². The summed E-state index contributed by atoms with van der Waals surface area (Å²) in [6, 6.07) is 4.21. The number of aliphatic hydroxyl groups excluding tert-OH is 1. The Bertz CT molecular complexity index is 1410. The number of carbonyl (C=O) groups is 3. The van der Waals surface area contributed by atoms with E-state index in [1.807, 2.05) is 33.0 Å². The van der Waals surface area contributed by atoms with Crippen LogP contribution in [-0.2, 0) is 19.1 Å². The smallest absolute Gasteiger partial charge is 0.457 e. The van der Waals surface area contributed by atoms with Crippen LogP contribution in [0.1, 0.15) is 58.4 Å². The fourth-order valence-electron chi connectivity index (χ4n) is 6.70. The number of alkyl halides is 3. The first-order chi connectivity index (χ1) is 23.5. The Hall–Kier alpha value is -3.65. The van der Waals surface area contributed by atoms with Gasteiger partial charge in [0.1, 0.15) is 18.0 Å². The number of piperazine rings is 1. The molecule has 50 heavy (non-hydrogen) atoms. The Morgan fingerprint density at radius 3 is 2.28 bits per heavy atom. The van der Waals surface area contributed by atoms with Gasteiger partial charge in [-0.2, -0.15) is 13.2 Å². The molecule has 0 aromatic heterocycles. The predicted molar refractivity (Wildman–Crippen MR) is 181 cm³/mol. The number of likely N-dealkylation sites (tertiary alicyclic amines) is 1. The lowest BCUT2D eigenvalue weighted by atomic mass is 9.91. The van der Waals surface area contributed by atoms with Crippen molar-refractivity contribution in [3.05, 3.63) is 47.3 Å². The van der Waals surface area contributed by atoms with Crippen LogP contribution in [0.4, 0.5) is 28.0 Å². The van der Waals surface area contributed by atoms with E-state index in [0.29, 0.717) is 42.8 Å². The van der Waals surface area contributed by atoms with Crippen LogP contribution in [0.3, 0.4) is 0 Å². The molecule has 1 N–H and O–H groups in total.